The molecular weight excluding hydrogens is 469 g/mol. The second-order valence-electron chi connectivity index (χ2n) is 10.3. The number of nitrogens with zero attached hydrogens (tertiary/aromatic N) is 5. The molecule has 0 unspecified atom stereocenters. The van der Waals surface area contributed by atoms with Gasteiger partial charge in [0.05, 0.1) is 6.42 Å². The Hall–Kier alpha value is -2.49. The number of nitrogens with one attached hydrogen (secondary N) is 1. The Morgan fingerprint density at radius 2 is 1.86 bits per heavy atom. The van der Waals surface area contributed by atoms with Crippen LogP contribution < -0.4 is 5.32 Å². The van der Waals surface area contributed by atoms with Gasteiger partial charge >= 0.3 is 6.18 Å². The lowest BCUT2D eigenvalue weighted by Crippen LogP contribution is -2.39. The van der Waals surface area contributed by atoms with Crippen molar-refractivity contribution in [1.82, 2.24) is 30.0 Å². The molecule has 1 N–H and O–H groups in total. The number of pyridine rings is 1. The van der Waals surface area contributed by atoms with Crippen molar-refractivity contribution in [1.29, 1.82) is 0 Å². The molecule has 36 heavy (non-hydrogen) atoms. The van der Waals surface area contributed by atoms with E-state index in [-0.39, 0.29) is 24.8 Å². The zero-order valence-corrected chi connectivity index (χ0v) is 21.3. The number of fused-ring (bicyclic) bond motifs is 1. The van der Waals surface area contributed by atoms with E-state index in [9.17, 15) is 18.0 Å². The van der Waals surface area contributed by atoms with Gasteiger partial charge in [0.2, 0.25) is 5.91 Å². The van der Waals surface area contributed by atoms with E-state index in [1.165, 1.54) is 5.56 Å². The normalized spacial score (nSPS) is 21.1. The zero-order valence-electron chi connectivity index (χ0n) is 21.3. The molecule has 4 rings (SSSR count). The first-order valence-corrected chi connectivity index (χ1v) is 13.1. The van der Waals surface area contributed by atoms with E-state index in [0.717, 1.165) is 76.1 Å². The monoisotopic (exact) mass is 506 g/mol. The number of amides is 1. The third-order valence-electron chi connectivity index (χ3n) is 7.56. The molecule has 0 radical (unpaired) electrons. The van der Waals surface area contributed by atoms with Crippen LogP contribution in [0.25, 0.3) is 0 Å². The predicted molar refractivity (Wildman–Crippen MR) is 130 cm³/mol. The van der Waals surface area contributed by atoms with E-state index < -0.39 is 12.6 Å². The van der Waals surface area contributed by atoms with Crippen LogP contribution in [0.4, 0.5) is 13.2 Å². The van der Waals surface area contributed by atoms with E-state index >= 15 is 0 Å². The van der Waals surface area contributed by atoms with Crippen LogP contribution in [0.2, 0.25) is 0 Å². The van der Waals surface area contributed by atoms with Gasteiger partial charge in [-0.1, -0.05) is 6.07 Å². The van der Waals surface area contributed by atoms with Gasteiger partial charge in [0, 0.05) is 50.4 Å². The first-order valence-electron chi connectivity index (χ1n) is 13.1. The summed E-state index contributed by atoms with van der Waals surface area (Å²) in [4.78, 5) is 23.7. The number of carbonyl (C=O) groups is 1. The number of carbonyl (C=O) groups excluding carboxylic acids is 1. The largest absolute Gasteiger partial charge is 0.389 e. The number of aromatic nitrogens is 4. The van der Waals surface area contributed by atoms with Crippen LogP contribution in [-0.2, 0) is 37.5 Å². The summed E-state index contributed by atoms with van der Waals surface area (Å²) < 4.78 is 39.3. The van der Waals surface area contributed by atoms with E-state index in [1.54, 1.807) is 10.7 Å². The molecule has 2 aromatic rings. The molecule has 1 aliphatic heterocycles. The minimum atomic E-state index is -4.15. The van der Waals surface area contributed by atoms with Gasteiger partial charge in [-0.05, 0) is 76.0 Å². The van der Waals surface area contributed by atoms with Crippen molar-refractivity contribution in [2.75, 3.05) is 19.6 Å². The molecule has 2 aromatic heterocycles. The number of hydrogen-bond donors (Lipinski definition) is 1. The molecule has 1 amide bonds. The predicted octanol–water partition coefficient (Wildman–Crippen LogP) is 3.72. The summed E-state index contributed by atoms with van der Waals surface area (Å²) >= 11 is 0. The third kappa shape index (κ3) is 7.75. The Balaban J connectivity index is 1.16. The molecule has 0 spiro atoms. The summed E-state index contributed by atoms with van der Waals surface area (Å²) in [6.45, 7) is 4.76. The van der Waals surface area contributed by atoms with Gasteiger partial charge in [0.1, 0.15) is 5.82 Å². The number of aryl methyl sites for hydroxylation is 3. The Bertz CT molecular complexity index is 1010. The molecule has 0 atom stereocenters. The van der Waals surface area contributed by atoms with Crippen LogP contribution in [0.15, 0.2) is 12.1 Å². The highest BCUT2D eigenvalue weighted by molar-refractivity contribution is 5.78. The molecule has 7 nitrogen and oxygen atoms in total. The fraction of sp³-hybridized carbons (Fsp3) is 0.692. The highest BCUT2D eigenvalue weighted by atomic mass is 19.4. The van der Waals surface area contributed by atoms with E-state index in [1.807, 2.05) is 20.0 Å². The van der Waals surface area contributed by atoms with Gasteiger partial charge in [-0.15, -0.1) is 0 Å². The summed E-state index contributed by atoms with van der Waals surface area (Å²) in [6.07, 6.45) is 2.25. The van der Waals surface area contributed by atoms with Gasteiger partial charge in [-0.3, -0.25) is 14.5 Å². The molecular formula is C26H37F3N6O. The Labute approximate surface area is 210 Å². The lowest BCUT2D eigenvalue weighted by atomic mass is 9.84. The van der Waals surface area contributed by atoms with Gasteiger partial charge in [0.15, 0.2) is 5.82 Å². The second kappa shape index (κ2) is 11.7. The lowest BCUT2D eigenvalue weighted by molar-refractivity contribution is -0.134. The minimum Gasteiger partial charge on any atom is -0.353 e. The molecule has 198 valence electrons. The zero-order chi connectivity index (χ0) is 25.7. The Kier molecular flexibility index (Phi) is 8.64. The van der Waals surface area contributed by atoms with Crippen molar-refractivity contribution in [3.05, 3.63) is 40.7 Å². The molecule has 3 heterocycles. The standard InChI is InChI=1S/C26H37F3N6O/c1-18-30-24(33-34(18)2)17-25(36)32-21-6-3-19(4-7-21)10-14-35-15-11-20-5-8-22(9-13-26(27,28)29)31-23(20)12-16-35/h5,8,19,21H,3-4,6-7,9-17H2,1-2H3,(H,32,36). The summed E-state index contributed by atoms with van der Waals surface area (Å²) in [5.74, 6) is 2.02. The summed E-state index contributed by atoms with van der Waals surface area (Å²) in [6, 6.07) is 3.95. The summed E-state index contributed by atoms with van der Waals surface area (Å²) in [7, 11) is 1.82. The molecule has 1 fully saturated rings. The van der Waals surface area contributed by atoms with Crippen molar-refractivity contribution in [2.24, 2.45) is 13.0 Å². The Morgan fingerprint density at radius 1 is 1.11 bits per heavy atom. The van der Waals surface area contributed by atoms with Crippen molar-refractivity contribution < 1.29 is 18.0 Å². The van der Waals surface area contributed by atoms with Crippen LogP contribution in [0, 0.1) is 12.8 Å². The smallest absolute Gasteiger partial charge is 0.353 e. The first-order chi connectivity index (χ1) is 17.1. The maximum Gasteiger partial charge on any atom is 0.389 e. The molecule has 2 aliphatic rings. The quantitative estimate of drug-likeness (QED) is 0.591. The van der Waals surface area contributed by atoms with E-state index in [0.29, 0.717) is 17.4 Å². The SMILES string of the molecule is Cc1nc(CC(=O)NC2CCC(CCN3CCc4ccc(CCC(F)(F)F)nc4CC3)CC2)nn1C. The van der Waals surface area contributed by atoms with Crippen molar-refractivity contribution >= 4 is 5.91 Å². The summed E-state index contributed by atoms with van der Waals surface area (Å²) in [5.41, 5.74) is 2.67. The van der Waals surface area contributed by atoms with Gasteiger partial charge in [0.25, 0.3) is 0 Å². The van der Waals surface area contributed by atoms with Crippen molar-refractivity contribution in [3.63, 3.8) is 0 Å². The number of halogens is 3. The first kappa shape index (κ1) is 26.6. The van der Waals surface area contributed by atoms with Crippen LogP contribution in [0.3, 0.4) is 0 Å². The summed E-state index contributed by atoms with van der Waals surface area (Å²) in [5, 5.41) is 7.41. The lowest BCUT2D eigenvalue weighted by Gasteiger charge is -2.30. The molecule has 10 heteroatoms. The second-order valence-corrected chi connectivity index (χ2v) is 10.3. The fourth-order valence-electron chi connectivity index (χ4n) is 5.29. The van der Waals surface area contributed by atoms with Gasteiger partial charge < -0.3 is 10.2 Å². The molecule has 1 saturated carbocycles. The Morgan fingerprint density at radius 3 is 2.56 bits per heavy atom. The van der Waals surface area contributed by atoms with Crippen molar-refractivity contribution in [2.45, 2.75) is 83.4 Å². The number of rotatable bonds is 8. The van der Waals surface area contributed by atoms with Crippen LogP contribution in [0.5, 0.6) is 0 Å². The molecule has 0 aromatic carbocycles. The fourth-order valence-corrected chi connectivity index (χ4v) is 5.29. The number of alkyl halides is 3. The third-order valence-corrected chi connectivity index (χ3v) is 7.56. The highest BCUT2D eigenvalue weighted by Gasteiger charge is 2.27. The minimum absolute atomic E-state index is 0.0108. The van der Waals surface area contributed by atoms with Gasteiger partial charge in [-0.25, -0.2) is 4.98 Å². The molecule has 0 bridgehead atoms. The highest BCUT2D eigenvalue weighted by Crippen LogP contribution is 2.28. The van der Waals surface area contributed by atoms with E-state index in [2.05, 4.69) is 25.3 Å². The maximum atomic E-state index is 12.5. The topological polar surface area (TPSA) is 75.9 Å². The average molecular weight is 507 g/mol. The maximum absolute atomic E-state index is 12.5. The van der Waals surface area contributed by atoms with E-state index in [4.69, 9.17) is 0 Å². The van der Waals surface area contributed by atoms with Crippen LogP contribution in [0.1, 0.15) is 67.1 Å². The number of hydrogen-bond acceptors (Lipinski definition) is 5. The van der Waals surface area contributed by atoms with Gasteiger partial charge in [-0.2, -0.15) is 18.3 Å². The van der Waals surface area contributed by atoms with Crippen LogP contribution >= 0.6 is 0 Å². The average Bonchev–Trinajstić information content (AvgIpc) is 3.01. The molecule has 0 saturated heterocycles. The van der Waals surface area contributed by atoms with Crippen LogP contribution in [-0.4, -0.2) is 62.4 Å². The molecule has 1 aliphatic carbocycles. The van der Waals surface area contributed by atoms with Crippen molar-refractivity contribution in [3.8, 4) is 0 Å².